The summed E-state index contributed by atoms with van der Waals surface area (Å²) in [6.45, 7) is 4.81. The predicted octanol–water partition coefficient (Wildman–Crippen LogP) is 13.9. The zero-order valence-electron chi connectivity index (χ0n) is 29.6. The quantitative estimate of drug-likeness (QED) is 0.183. The lowest BCUT2D eigenvalue weighted by molar-refractivity contribution is 0.657. The van der Waals surface area contributed by atoms with Gasteiger partial charge in [-0.25, -0.2) is 0 Å². The van der Waals surface area contributed by atoms with Gasteiger partial charge in [0.05, 0.1) is 0 Å². The summed E-state index contributed by atoms with van der Waals surface area (Å²) < 4.78 is 8.49. The van der Waals surface area contributed by atoms with E-state index in [0.29, 0.717) is 5.92 Å². The molecule has 2 heterocycles. The Bertz CT molecular complexity index is 2810. The van der Waals surface area contributed by atoms with Crippen LogP contribution in [0.4, 0.5) is 5.69 Å². The maximum atomic E-state index is 7.11. The fourth-order valence-electron chi connectivity index (χ4n) is 9.71. The van der Waals surface area contributed by atoms with Gasteiger partial charge in [0.2, 0.25) is 0 Å². The van der Waals surface area contributed by atoms with Crippen molar-refractivity contribution in [3.8, 4) is 11.1 Å². The van der Waals surface area contributed by atoms with Gasteiger partial charge in [-0.2, -0.15) is 0 Å². The Kier molecular flexibility index (Phi) is 6.58. The Morgan fingerprint density at radius 3 is 2.50 bits per heavy atom. The van der Waals surface area contributed by atoms with E-state index in [0.717, 1.165) is 43.3 Å². The normalized spacial score (nSPS) is 18.5. The highest BCUT2D eigenvalue weighted by molar-refractivity contribution is 7.19. The molecule has 11 rings (SSSR count). The standard InChI is InChI=1S/C49H39NOS/c1-49(2)40-22-13-21-34(30-14-5-3-6-15-30)45(40)46-47(49)37-20-10-9-19-36(37)44-39-29-32(24-26-41(39)51-48(44)46)50(31-16-7-4-8-17-31)33-25-27-43-38(28-33)35-18-11-12-23-42(35)52-43/h3,5-7,9-14,16-24,26,28-30H,4,8,15,25,27H2,1-2H3. The summed E-state index contributed by atoms with van der Waals surface area (Å²) in [5, 5.41) is 6.36. The lowest BCUT2D eigenvalue weighted by Gasteiger charge is -2.31. The van der Waals surface area contributed by atoms with E-state index < -0.39 is 0 Å². The van der Waals surface area contributed by atoms with Crippen molar-refractivity contribution < 1.29 is 4.42 Å². The van der Waals surface area contributed by atoms with E-state index in [1.54, 1.807) is 0 Å². The number of rotatable bonds is 4. The number of benzene rings is 5. The van der Waals surface area contributed by atoms with Crippen molar-refractivity contribution in [3.05, 3.63) is 166 Å². The van der Waals surface area contributed by atoms with Crippen molar-refractivity contribution >= 4 is 65.9 Å². The summed E-state index contributed by atoms with van der Waals surface area (Å²) >= 11 is 1.95. The molecule has 0 saturated carbocycles. The van der Waals surface area contributed by atoms with Gasteiger partial charge in [0.15, 0.2) is 0 Å². The molecular formula is C49H39NOS. The first kappa shape index (κ1) is 30.3. The Hall–Kier alpha value is -5.38. The molecule has 1 atom stereocenters. The molecule has 0 aliphatic heterocycles. The smallest absolute Gasteiger partial charge is 0.144 e. The van der Waals surface area contributed by atoms with Gasteiger partial charge in [-0.15, -0.1) is 11.3 Å². The SMILES string of the molecule is CC1(C)c2cccc(C3C=CC=CC3)c2-c2c1c1ccccc1c1c2oc2ccc(N(C3=CCCC=C3)C3=Cc4c(sc5ccccc45)CC3)cc21. The first-order chi connectivity index (χ1) is 25.6. The molecular weight excluding hydrogens is 651 g/mol. The second kappa shape index (κ2) is 11.3. The van der Waals surface area contributed by atoms with Gasteiger partial charge in [-0.1, -0.05) is 111 Å². The molecule has 252 valence electrons. The lowest BCUT2D eigenvalue weighted by atomic mass is 9.79. The molecule has 0 saturated heterocycles. The maximum absolute atomic E-state index is 7.11. The molecule has 0 spiro atoms. The molecule has 4 aliphatic carbocycles. The van der Waals surface area contributed by atoms with E-state index in [9.17, 15) is 0 Å². The highest BCUT2D eigenvalue weighted by Crippen LogP contribution is 2.58. The lowest BCUT2D eigenvalue weighted by Crippen LogP contribution is -2.23. The third-order valence-electron chi connectivity index (χ3n) is 12.0. The van der Waals surface area contributed by atoms with Crippen molar-refractivity contribution in [2.75, 3.05) is 4.90 Å². The number of furan rings is 1. The molecule has 7 aromatic rings. The summed E-state index contributed by atoms with van der Waals surface area (Å²) in [5.41, 5.74) is 13.8. The molecule has 2 nitrogen and oxygen atoms in total. The highest BCUT2D eigenvalue weighted by Gasteiger charge is 2.41. The molecule has 0 bridgehead atoms. The van der Waals surface area contributed by atoms with Gasteiger partial charge in [0, 0.05) is 59.7 Å². The van der Waals surface area contributed by atoms with Crippen molar-refractivity contribution in [2.45, 2.75) is 57.3 Å². The van der Waals surface area contributed by atoms with Gasteiger partial charge in [0.1, 0.15) is 11.2 Å². The van der Waals surface area contributed by atoms with Crippen molar-refractivity contribution in [2.24, 2.45) is 0 Å². The van der Waals surface area contributed by atoms with E-state index in [1.807, 2.05) is 11.3 Å². The van der Waals surface area contributed by atoms with Crippen molar-refractivity contribution in [1.29, 1.82) is 0 Å². The van der Waals surface area contributed by atoms with Crippen LogP contribution in [0.25, 0.3) is 60.0 Å². The minimum absolute atomic E-state index is 0.165. The third-order valence-corrected chi connectivity index (χ3v) is 13.3. The zero-order valence-corrected chi connectivity index (χ0v) is 30.4. The molecule has 0 fully saturated rings. The van der Waals surface area contributed by atoms with Crippen LogP contribution >= 0.6 is 11.3 Å². The van der Waals surface area contributed by atoms with Crippen LogP contribution in [0.1, 0.15) is 72.6 Å². The number of aryl methyl sites for hydroxylation is 1. The monoisotopic (exact) mass is 689 g/mol. The van der Waals surface area contributed by atoms with Crippen LogP contribution in [0.3, 0.4) is 0 Å². The molecule has 1 unspecified atom stereocenters. The van der Waals surface area contributed by atoms with Crippen LogP contribution < -0.4 is 4.90 Å². The summed E-state index contributed by atoms with van der Waals surface area (Å²) in [6.07, 6.45) is 23.8. The van der Waals surface area contributed by atoms with Gasteiger partial charge in [0.25, 0.3) is 0 Å². The second-order valence-corrected chi connectivity index (χ2v) is 16.5. The molecule has 3 heteroatoms. The van der Waals surface area contributed by atoms with Gasteiger partial charge in [-0.05, 0) is 107 Å². The number of thiophene rings is 1. The number of hydrogen-bond acceptors (Lipinski definition) is 3. The second-order valence-electron chi connectivity index (χ2n) is 15.3. The van der Waals surface area contributed by atoms with Crippen LogP contribution in [0.5, 0.6) is 0 Å². The fraction of sp³-hybridized carbons (Fsp3) is 0.184. The minimum atomic E-state index is -0.165. The number of fused-ring (bicyclic) bond motifs is 13. The number of hydrogen-bond donors (Lipinski definition) is 0. The van der Waals surface area contributed by atoms with E-state index in [4.69, 9.17) is 4.42 Å². The molecule has 0 radical (unpaired) electrons. The van der Waals surface area contributed by atoms with Gasteiger partial charge >= 0.3 is 0 Å². The predicted molar refractivity (Wildman–Crippen MR) is 221 cm³/mol. The molecule has 52 heavy (non-hydrogen) atoms. The fourth-order valence-corrected chi connectivity index (χ4v) is 10.9. The third kappa shape index (κ3) is 4.29. The average molecular weight is 690 g/mol. The summed E-state index contributed by atoms with van der Waals surface area (Å²) in [4.78, 5) is 4.02. The Labute approximate surface area is 308 Å². The number of allylic oxidation sites excluding steroid dienone is 8. The summed E-state index contributed by atoms with van der Waals surface area (Å²) in [6, 6.07) is 31.8. The maximum Gasteiger partial charge on any atom is 0.144 e. The Morgan fingerprint density at radius 1 is 0.788 bits per heavy atom. The number of nitrogens with zero attached hydrogens (tertiary/aromatic N) is 1. The topological polar surface area (TPSA) is 16.4 Å². The minimum Gasteiger partial charge on any atom is -0.455 e. The van der Waals surface area contributed by atoms with E-state index in [1.165, 1.54) is 87.0 Å². The van der Waals surface area contributed by atoms with E-state index in [-0.39, 0.29) is 5.41 Å². The first-order valence-corrected chi connectivity index (χ1v) is 19.6. The van der Waals surface area contributed by atoms with Gasteiger partial charge < -0.3 is 9.32 Å². The van der Waals surface area contributed by atoms with Crippen molar-refractivity contribution in [1.82, 2.24) is 0 Å². The molecule has 4 aliphatic rings. The summed E-state index contributed by atoms with van der Waals surface area (Å²) in [5.74, 6) is 0.342. The molecule has 0 amide bonds. The van der Waals surface area contributed by atoms with Crippen LogP contribution in [-0.2, 0) is 11.8 Å². The highest BCUT2D eigenvalue weighted by atomic mass is 32.1. The van der Waals surface area contributed by atoms with E-state index >= 15 is 0 Å². The zero-order chi connectivity index (χ0) is 34.6. The largest absolute Gasteiger partial charge is 0.455 e. The molecule has 0 N–H and O–H groups in total. The summed E-state index contributed by atoms with van der Waals surface area (Å²) in [7, 11) is 0. The first-order valence-electron chi connectivity index (χ1n) is 18.8. The van der Waals surface area contributed by atoms with Gasteiger partial charge in [-0.3, -0.25) is 0 Å². The van der Waals surface area contributed by atoms with Crippen molar-refractivity contribution in [3.63, 3.8) is 0 Å². The van der Waals surface area contributed by atoms with Crippen LogP contribution in [0, 0.1) is 0 Å². The van der Waals surface area contributed by atoms with Crippen LogP contribution in [0.15, 0.2) is 143 Å². The average Bonchev–Trinajstić information content (AvgIpc) is 3.83. The molecule has 5 aromatic carbocycles. The van der Waals surface area contributed by atoms with E-state index in [2.05, 4.69) is 152 Å². The number of anilines is 1. The Morgan fingerprint density at radius 2 is 1.65 bits per heavy atom. The van der Waals surface area contributed by atoms with Crippen LogP contribution in [0.2, 0.25) is 0 Å². The molecule has 2 aromatic heterocycles. The Balaban J connectivity index is 1.17. The van der Waals surface area contributed by atoms with Crippen LogP contribution in [-0.4, -0.2) is 0 Å².